The summed E-state index contributed by atoms with van der Waals surface area (Å²) in [4.78, 5) is 7.97. The summed E-state index contributed by atoms with van der Waals surface area (Å²) < 4.78 is 0. The van der Waals surface area contributed by atoms with Gasteiger partial charge in [0.25, 0.3) is 0 Å². The van der Waals surface area contributed by atoms with Gasteiger partial charge in [-0.15, -0.1) is 11.6 Å². The lowest BCUT2D eigenvalue weighted by molar-refractivity contribution is 1.00. The molecule has 1 heterocycles. The van der Waals surface area contributed by atoms with Crippen LogP contribution in [0.3, 0.4) is 0 Å². The minimum atomic E-state index is 0.462. The summed E-state index contributed by atoms with van der Waals surface area (Å²) in [5.41, 5.74) is 0.879. The summed E-state index contributed by atoms with van der Waals surface area (Å²) >= 11 is 5.51. The van der Waals surface area contributed by atoms with Crippen molar-refractivity contribution in [1.29, 1.82) is 0 Å². The zero-order valence-corrected chi connectivity index (χ0v) is 5.89. The Hall–Kier alpha value is -0.630. The van der Waals surface area contributed by atoms with Crippen molar-refractivity contribution in [2.24, 2.45) is 0 Å². The van der Waals surface area contributed by atoms with Crippen molar-refractivity contribution in [2.45, 2.75) is 12.8 Å². The molecule has 2 nitrogen and oxygen atoms in total. The molecule has 0 aliphatic carbocycles. The molecule has 0 unspecified atom stereocenters. The molecule has 0 fully saturated rings. The average molecular weight is 143 g/mol. The van der Waals surface area contributed by atoms with Crippen molar-refractivity contribution >= 4 is 11.6 Å². The van der Waals surface area contributed by atoms with E-state index in [2.05, 4.69) is 9.97 Å². The highest BCUT2D eigenvalue weighted by molar-refractivity contribution is 6.16. The van der Waals surface area contributed by atoms with Gasteiger partial charge >= 0.3 is 0 Å². The fourth-order valence-electron chi connectivity index (χ4n) is 0.580. The van der Waals surface area contributed by atoms with Crippen molar-refractivity contribution < 1.29 is 0 Å². The Morgan fingerprint density at radius 1 is 1.67 bits per heavy atom. The molecule has 1 aromatic heterocycles. The molecule has 0 aliphatic heterocycles. The Morgan fingerprint density at radius 3 is 2.89 bits per heavy atom. The third-order valence-electron chi connectivity index (χ3n) is 0.971. The van der Waals surface area contributed by atoms with Gasteiger partial charge in [-0.05, 0) is 13.0 Å². The Morgan fingerprint density at radius 2 is 2.44 bits per heavy atom. The van der Waals surface area contributed by atoms with Gasteiger partial charge in [0.15, 0.2) is 0 Å². The molecule has 0 N–H and O–H groups in total. The second-order valence-corrected chi connectivity index (χ2v) is 2.00. The Kier molecular flexibility index (Phi) is 2.01. The zero-order chi connectivity index (χ0) is 6.69. The molecule has 0 amide bonds. The smallest absolute Gasteiger partial charge is 0.125 e. The van der Waals surface area contributed by atoms with Crippen LogP contribution < -0.4 is 0 Å². The van der Waals surface area contributed by atoms with Gasteiger partial charge in [0, 0.05) is 6.20 Å². The van der Waals surface area contributed by atoms with Crippen LogP contribution in [0.4, 0.5) is 0 Å². The highest BCUT2D eigenvalue weighted by Gasteiger charge is 1.89. The predicted molar refractivity (Wildman–Crippen MR) is 36.3 cm³/mol. The van der Waals surface area contributed by atoms with Gasteiger partial charge in [0.1, 0.15) is 5.82 Å². The molecule has 0 atom stereocenters. The van der Waals surface area contributed by atoms with E-state index in [1.54, 1.807) is 12.3 Å². The van der Waals surface area contributed by atoms with Crippen LogP contribution in [0.2, 0.25) is 0 Å². The van der Waals surface area contributed by atoms with Gasteiger partial charge in [0.2, 0.25) is 0 Å². The summed E-state index contributed by atoms with van der Waals surface area (Å²) in [6.07, 6.45) is 1.71. The number of rotatable bonds is 1. The number of aryl methyl sites for hydroxylation is 1. The molecule has 9 heavy (non-hydrogen) atoms. The lowest BCUT2D eigenvalue weighted by Gasteiger charge is -1.92. The van der Waals surface area contributed by atoms with Gasteiger partial charge in [-0.1, -0.05) is 0 Å². The number of alkyl halides is 1. The van der Waals surface area contributed by atoms with Crippen molar-refractivity contribution in [1.82, 2.24) is 9.97 Å². The van der Waals surface area contributed by atoms with E-state index in [0.29, 0.717) is 5.88 Å². The molecule has 0 aromatic carbocycles. The summed E-state index contributed by atoms with van der Waals surface area (Å²) in [5, 5.41) is 0. The predicted octanol–water partition coefficient (Wildman–Crippen LogP) is 1.52. The summed E-state index contributed by atoms with van der Waals surface area (Å²) in [7, 11) is 0. The monoisotopic (exact) mass is 142 g/mol. The SMILES string of the molecule is Cc1nccc(CCl)n1. The van der Waals surface area contributed by atoms with E-state index in [-0.39, 0.29) is 0 Å². The first-order chi connectivity index (χ1) is 4.33. The van der Waals surface area contributed by atoms with Gasteiger partial charge in [-0.2, -0.15) is 0 Å². The van der Waals surface area contributed by atoms with Crippen LogP contribution in [0.1, 0.15) is 11.5 Å². The highest BCUT2D eigenvalue weighted by Crippen LogP contribution is 1.97. The third-order valence-corrected chi connectivity index (χ3v) is 1.24. The fourth-order valence-corrected chi connectivity index (χ4v) is 0.728. The van der Waals surface area contributed by atoms with E-state index in [9.17, 15) is 0 Å². The number of halogens is 1. The lowest BCUT2D eigenvalue weighted by Crippen LogP contribution is -1.89. The summed E-state index contributed by atoms with van der Waals surface area (Å²) in [6, 6.07) is 1.81. The van der Waals surface area contributed by atoms with Crippen LogP contribution in [0.25, 0.3) is 0 Å². The van der Waals surface area contributed by atoms with Crippen LogP contribution in [-0.4, -0.2) is 9.97 Å². The Bertz CT molecular complexity index is 200. The van der Waals surface area contributed by atoms with E-state index >= 15 is 0 Å². The van der Waals surface area contributed by atoms with Crippen LogP contribution in [0.5, 0.6) is 0 Å². The third kappa shape index (κ3) is 1.64. The number of nitrogens with zero attached hydrogens (tertiary/aromatic N) is 2. The minimum Gasteiger partial charge on any atom is -0.242 e. The molecule has 48 valence electrons. The number of hydrogen-bond donors (Lipinski definition) is 0. The quantitative estimate of drug-likeness (QED) is 0.556. The topological polar surface area (TPSA) is 25.8 Å². The van der Waals surface area contributed by atoms with E-state index in [1.165, 1.54) is 0 Å². The minimum absolute atomic E-state index is 0.462. The first-order valence-corrected chi connectivity index (χ1v) is 3.21. The Labute approximate surface area is 58.9 Å². The first-order valence-electron chi connectivity index (χ1n) is 2.67. The molecule has 0 radical (unpaired) electrons. The van der Waals surface area contributed by atoms with Crippen LogP contribution in [0, 0.1) is 6.92 Å². The number of hydrogen-bond acceptors (Lipinski definition) is 2. The maximum Gasteiger partial charge on any atom is 0.125 e. The second-order valence-electron chi connectivity index (χ2n) is 1.73. The van der Waals surface area contributed by atoms with Crippen molar-refractivity contribution in [3.63, 3.8) is 0 Å². The van der Waals surface area contributed by atoms with Gasteiger partial charge in [-0.3, -0.25) is 0 Å². The van der Waals surface area contributed by atoms with Crippen molar-refractivity contribution in [3.8, 4) is 0 Å². The van der Waals surface area contributed by atoms with Gasteiger partial charge in [0.05, 0.1) is 11.6 Å². The molecule has 0 aliphatic rings. The van der Waals surface area contributed by atoms with E-state index in [1.807, 2.05) is 6.92 Å². The van der Waals surface area contributed by atoms with Crippen LogP contribution >= 0.6 is 11.6 Å². The van der Waals surface area contributed by atoms with Gasteiger partial charge in [-0.25, -0.2) is 9.97 Å². The highest BCUT2D eigenvalue weighted by atomic mass is 35.5. The summed E-state index contributed by atoms with van der Waals surface area (Å²) in [6.45, 7) is 1.84. The largest absolute Gasteiger partial charge is 0.242 e. The van der Waals surface area contributed by atoms with E-state index in [4.69, 9.17) is 11.6 Å². The average Bonchev–Trinajstić information content (AvgIpc) is 1.88. The van der Waals surface area contributed by atoms with Crippen LogP contribution in [-0.2, 0) is 5.88 Å². The molecule has 0 saturated heterocycles. The molecule has 0 bridgehead atoms. The zero-order valence-electron chi connectivity index (χ0n) is 5.13. The first kappa shape index (κ1) is 6.49. The number of aromatic nitrogens is 2. The van der Waals surface area contributed by atoms with Crippen molar-refractivity contribution in [2.75, 3.05) is 0 Å². The molecule has 0 spiro atoms. The van der Waals surface area contributed by atoms with E-state index in [0.717, 1.165) is 11.5 Å². The standard InChI is InChI=1S/C6H7ClN2/c1-5-8-3-2-6(4-7)9-5/h2-3H,4H2,1H3. The molecule has 0 saturated carbocycles. The summed E-state index contributed by atoms with van der Waals surface area (Å²) in [5.74, 6) is 1.23. The maximum atomic E-state index is 5.51. The molecule has 1 aromatic rings. The van der Waals surface area contributed by atoms with Crippen LogP contribution in [0.15, 0.2) is 12.3 Å². The fraction of sp³-hybridized carbons (Fsp3) is 0.333. The van der Waals surface area contributed by atoms with Gasteiger partial charge < -0.3 is 0 Å². The molecule has 1 rings (SSSR count). The molecular weight excluding hydrogens is 136 g/mol. The second kappa shape index (κ2) is 2.78. The molecule has 3 heteroatoms. The lowest BCUT2D eigenvalue weighted by atomic mass is 10.4. The molecular formula is C6H7ClN2. The maximum absolute atomic E-state index is 5.51. The van der Waals surface area contributed by atoms with Crippen molar-refractivity contribution in [3.05, 3.63) is 23.8 Å². The Balaban J connectivity index is 2.94. The normalized spacial score (nSPS) is 9.56. The van der Waals surface area contributed by atoms with E-state index < -0.39 is 0 Å².